The van der Waals surface area contributed by atoms with Gasteiger partial charge in [-0.15, -0.1) is 11.3 Å². The van der Waals surface area contributed by atoms with Crippen molar-refractivity contribution in [2.45, 2.75) is 220 Å². The third-order valence-electron chi connectivity index (χ3n) is 9.16. The number of allylic oxidation sites excluding steroid dienone is 4. The van der Waals surface area contributed by atoms with Crippen molar-refractivity contribution in [3.63, 3.8) is 0 Å². The summed E-state index contributed by atoms with van der Waals surface area (Å²) in [7, 11) is 0. The average molecular weight is 761 g/mol. The van der Waals surface area contributed by atoms with Crippen LogP contribution in [-0.2, 0) is 9.59 Å². The molecule has 1 heterocycles. The molecule has 0 bridgehead atoms. The van der Waals surface area contributed by atoms with Crippen LogP contribution in [0.2, 0.25) is 0 Å². The van der Waals surface area contributed by atoms with Crippen molar-refractivity contribution in [2.24, 2.45) is 0 Å². The summed E-state index contributed by atoms with van der Waals surface area (Å²) in [5.41, 5.74) is 0.679. The van der Waals surface area contributed by atoms with Crippen molar-refractivity contribution < 1.29 is 29.4 Å². The van der Waals surface area contributed by atoms with E-state index in [1.54, 1.807) is 13.8 Å². The van der Waals surface area contributed by atoms with Gasteiger partial charge in [0.1, 0.15) is 0 Å². The molecule has 0 aliphatic heterocycles. The van der Waals surface area contributed by atoms with Crippen LogP contribution in [0.3, 0.4) is 0 Å². The van der Waals surface area contributed by atoms with Crippen LogP contribution in [0.15, 0.2) is 35.8 Å². The second-order valence-electron chi connectivity index (χ2n) is 14.2. The molecule has 0 saturated heterocycles. The highest BCUT2D eigenvalue weighted by Gasteiger charge is 2.18. The van der Waals surface area contributed by atoms with E-state index in [9.17, 15) is 19.2 Å². The Morgan fingerprint density at radius 1 is 0.472 bits per heavy atom. The molecule has 1 rings (SSSR count). The number of unbranched alkanes of at least 4 members (excludes halogenated alkanes) is 22. The lowest BCUT2D eigenvalue weighted by Crippen LogP contribution is -2.06. The van der Waals surface area contributed by atoms with Crippen molar-refractivity contribution in [3.8, 4) is 0 Å². The van der Waals surface area contributed by atoms with E-state index >= 15 is 0 Å². The number of aliphatic carboxylic acids is 2. The normalized spacial score (nSPS) is 10.9. The molecule has 1 aromatic heterocycles. The molecule has 306 valence electrons. The van der Waals surface area contributed by atoms with E-state index in [2.05, 4.69) is 38.2 Å². The minimum atomic E-state index is -0.745. The fourth-order valence-electron chi connectivity index (χ4n) is 5.71. The molecule has 0 radical (unpaired) electrons. The second-order valence-corrected chi connectivity index (χ2v) is 15.1. The molecule has 53 heavy (non-hydrogen) atoms. The molecule has 0 atom stereocenters. The minimum Gasteiger partial charge on any atom is -0.481 e. The highest BCUT2D eigenvalue weighted by molar-refractivity contribution is 7.12. The number of thiophene rings is 1. The summed E-state index contributed by atoms with van der Waals surface area (Å²) >= 11 is 1.45. The maximum absolute atomic E-state index is 12.8. The zero-order valence-electron chi connectivity index (χ0n) is 34.6. The van der Waals surface area contributed by atoms with Crippen molar-refractivity contribution in [2.75, 3.05) is 0 Å². The topological polar surface area (TPSA) is 109 Å². The number of hydrogen-bond donors (Lipinski definition) is 2. The maximum atomic E-state index is 12.8. The Hall–Kier alpha value is -2.54. The lowest BCUT2D eigenvalue weighted by Gasteiger charge is -2.04. The van der Waals surface area contributed by atoms with Crippen molar-refractivity contribution in [3.05, 3.63) is 46.2 Å². The van der Waals surface area contributed by atoms with Crippen molar-refractivity contribution >= 4 is 34.8 Å². The van der Waals surface area contributed by atoms with Gasteiger partial charge >= 0.3 is 11.9 Å². The zero-order chi connectivity index (χ0) is 39.6. The Kier molecular flexibility index (Phi) is 41.9. The number of carbonyl (C=O) groups excluding carboxylic acids is 2. The van der Waals surface area contributed by atoms with Crippen LogP contribution in [0.25, 0.3) is 0 Å². The van der Waals surface area contributed by atoms with E-state index in [0.29, 0.717) is 23.3 Å². The monoisotopic (exact) mass is 761 g/mol. The first-order valence-electron chi connectivity index (χ1n) is 21.6. The number of carbonyl (C=O) groups is 4. The van der Waals surface area contributed by atoms with Gasteiger partial charge in [0, 0.05) is 31.2 Å². The quantitative estimate of drug-likeness (QED) is 0.0411. The first kappa shape index (κ1) is 52.6. The number of carboxylic acids is 2. The smallest absolute Gasteiger partial charge is 0.303 e. The number of rotatable bonds is 34. The zero-order valence-corrected chi connectivity index (χ0v) is 35.4. The molecule has 0 amide bonds. The molecule has 0 aliphatic carbocycles. The molecule has 0 spiro atoms. The molecule has 0 aliphatic rings. The third-order valence-corrected chi connectivity index (χ3v) is 10.1. The standard InChI is InChI=1S/C40H68O2S.2C3H6O2/c1-3-5-7-9-11-13-15-17-19-21-23-25-27-29-31-33-38(41)37-35-36-43-40(37)39(42)34-32-30-28-26-24-22-20-18-16-14-12-10-8-6-4-2;2*1-2-3(4)5/h17-20,35-36H,3-16,21-34H2,1-2H3;2*2H2,1H3,(H,4,5)/b19-17-,20-18-;;. The van der Waals surface area contributed by atoms with Gasteiger partial charge in [-0.3, -0.25) is 19.2 Å². The van der Waals surface area contributed by atoms with Gasteiger partial charge in [0.25, 0.3) is 0 Å². The molecule has 7 heteroatoms. The summed E-state index contributed by atoms with van der Waals surface area (Å²) in [6.45, 7) is 7.74. The summed E-state index contributed by atoms with van der Waals surface area (Å²) in [4.78, 5) is 45.1. The van der Waals surface area contributed by atoms with Crippen LogP contribution in [0.1, 0.15) is 240 Å². The van der Waals surface area contributed by atoms with Crippen LogP contribution in [-0.4, -0.2) is 33.7 Å². The van der Waals surface area contributed by atoms with Crippen LogP contribution in [0.5, 0.6) is 0 Å². The lowest BCUT2D eigenvalue weighted by molar-refractivity contribution is -0.137. The fourth-order valence-corrected chi connectivity index (χ4v) is 6.59. The Bertz CT molecular complexity index is 976. The van der Waals surface area contributed by atoms with Gasteiger partial charge in [-0.05, 0) is 75.7 Å². The number of Topliss-reactive ketones (excluding diaryl/α,β-unsaturated/α-hetero) is 2. The number of carboxylic acid groups (broad SMARTS) is 2. The predicted molar refractivity (Wildman–Crippen MR) is 228 cm³/mol. The third kappa shape index (κ3) is 39.0. The van der Waals surface area contributed by atoms with Gasteiger partial charge in [-0.25, -0.2) is 0 Å². The van der Waals surface area contributed by atoms with E-state index in [-0.39, 0.29) is 24.4 Å². The first-order chi connectivity index (χ1) is 25.7. The van der Waals surface area contributed by atoms with Gasteiger partial charge in [-0.2, -0.15) is 0 Å². The number of hydrogen-bond acceptors (Lipinski definition) is 5. The molecule has 1 aromatic rings. The van der Waals surface area contributed by atoms with E-state index in [4.69, 9.17) is 10.2 Å². The summed E-state index contributed by atoms with van der Waals surface area (Å²) in [5.74, 6) is -1.16. The predicted octanol–water partition coefficient (Wildman–Crippen LogP) is 15.2. The molecule has 0 fully saturated rings. The van der Waals surface area contributed by atoms with Gasteiger partial charge < -0.3 is 10.2 Å². The molecule has 0 saturated carbocycles. The summed E-state index contributed by atoms with van der Waals surface area (Å²) in [6.07, 6.45) is 43.8. The Balaban J connectivity index is 0. The van der Waals surface area contributed by atoms with Crippen LogP contribution >= 0.6 is 11.3 Å². The molecular formula is C46H80O6S. The second kappa shape index (κ2) is 42.2. The van der Waals surface area contributed by atoms with Crippen molar-refractivity contribution in [1.29, 1.82) is 0 Å². The molecule has 6 nitrogen and oxygen atoms in total. The molecular weight excluding hydrogens is 681 g/mol. The highest BCUT2D eigenvalue weighted by Crippen LogP contribution is 2.23. The van der Waals surface area contributed by atoms with E-state index in [0.717, 1.165) is 25.7 Å². The SMILES string of the molecule is CCC(=O)O.CCC(=O)O.CCCCCCCC/C=C\CCCCCCCC(=O)c1ccsc1C(=O)CCCCCCC/C=C\CCCCCCCC. The van der Waals surface area contributed by atoms with Gasteiger partial charge in [0.2, 0.25) is 0 Å². The van der Waals surface area contributed by atoms with Gasteiger partial charge in [0.05, 0.1) is 4.88 Å². The largest absolute Gasteiger partial charge is 0.481 e. The Morgan fingerprint density at radius 2 is 0.774 bits per heavy atom. The summed E-state index contributed by atoms with van der Waals surface area (Å²) in [5, 5.41) is 17.4. The maximum Gasteiger partial charge on any atom is 0.303 e. The van der Waals surface area contributed by atoms with Crippen LogP contribution in [0, 0.1) is 0 Å². The summed E-state index contributed by atoms with van der Waals surface area (Å²) < 4.78 is 0. The number of ketones is 2. The Morgan fingerprint density at radius 3 is 1.11 bits per heavy atom. The summed E-state index contributed by atoms with van der Waals surface area (Å²) in [6, 6.07) is 1.87. The molecule has 0 aromatic carbocycles. The first-order valence-corrected chi connectivity index (χ1v) is 22.5. The van der Waals surface area contributed by atoms with E-state index in [1.165, 1.54) is 153 Å². The highest BCUT2D eigenvalue weighted by atomic mass is 32.1. The van der Waals surface area contributed by atoms with E-state index in [1.807, 2.05) is 11.4 Å². The minimum absolute atomic E-state index is 0.159. The van der Waals surface area contributed by atoms with Gasteiger partial charge in [-0.1, -0.05) is 155 Å². The fraction of sp³-hybridized carbons (Fsp3) is 0.739. The molecule has 2 N–H and O–H groups in total. The average Bonchev–Trinajstić information content (AvgIpc) is 3.66. The van der Waals surface area contributed by atoms with Gasteiger partial charge in [0.15, 0.2) is 11.6 Å². The lowest BCUT2D eigenvalue weighted by atomic mass is 10.0. The van der Waals surface area contributed by atoms with Crippen LogP contribution < -0.4 is 0 Å². The van der Waals surface area contributed by atoms with Crippen molar-refractivity contribution in [1.82, 2.24) is 0 Å². The molecule has 0 unspecified atom stereocenters. The Labute approximate surface area is 329 Å². The van der Waals surface area contributed by atoms with Crippen LogP contribution in [0.4, 0.5) is 0 Å². The van der Waals surface area contributed by atoms with E-state index < -0.39 is 11.9 Å².